The highest BCUT2D eigenvalue weighted by molar-refractivity contribution is 7.26. The molecule has 5 nitrogen and oxygen atoms in total. The number of thiophene rings is 1. The quantitative estimate of drug-likeness (QED) is 0.0665. The van der Waals surface area contributed by atoms with E-state index >= 15 is 0 Å². The van der Waals surface area contributed by atoms with Gasteiger partial charge in [0.2, 0.25) is 0 Å². The van der Waals surface area contributed by atoms with Gasteiger partial charge in [0.25, 0.3) is 0 Å². The molecule has 3 heterocycles. The van der Waals surface area contributed by atoms with Crippen molar-refractivity contribution < 1.29 is 0 Å². The van der Waals surface area contributed by atoms with Crippen LogP contribution in [-0.2, 0) is 13.6 Å². The minimum absolute atomic E-state index is 0.533. The fourth-order valence-corrected chi connectivity index (χ4v) is 8.54. The van der Waals surface area contributed by atoms with Crippen molar-refractivity contribution in [3.8, 4) is 5.69 Å². The van der Waals surface area contributed by atoms with Gasteiger partial charge in [-0.2, -0.15) is 0 Å². The smallest absolute Gasteiger partial charge is 0.161 e. The van der Waals surface area contributed by atoms with E-state index in [2.05, 4.69) is 144 Å². The fraction of sp³-hybridized carbons (Fsp3) is 0.0893. The van der Waals surface area contributed by atoms with Gasteiger partial charge in [0.1, 0.15) is 0 Å². The molecule has 0 N–H and O–H groups in total. The Kier molecular flexibility index (Phi) is 15.5. The molecule has 0 saturated heterocycles. The lowest BCUT2D eigenvalue weighted by Gasteiger charge is -2.06. The first kappa shape index (κ1) is 44.2. The van der Waals surface area contributed by atoms with Crippen molar-refractivity contribution in [2.45, 2.75) is 27.3 Å². The second-order valence-electron chi connectivity index (χ2n) is 14.1. The molecule has 0 spiro atoms. The summed E-state index contributed by atoms with van der Waals surface area (Å²) < 4.78 is 7.39. The molecule has 3 aromatic heterocycles. The second-order valence-corrected chi connectivity index (χ2v) is 15.1. The molecule has 308 valence electrons. The molecule has 0 aliphatic heterocycles. The molecule has 9 aromatic rings. The van der Waals surface area contributed by atoms with Crippen LogP contribution in [0.1, 0.15) is 31.9 Å². The molecule has 6 heteroatoms. The van der Waals surface area contributed by atoms with Crippen LogP contribution >= 0.6 is 11.3 Å². The highest BCUT2D eigenvalue weighted by atomic mass is 32.1. The summed E-state index contributed by atoms with van der Waals surface area (Å²) in [5.41, 5.74) is 7.95. The molecule has 6 aromatic carbocycles. The summed E-state index contributed by atoms with van der Waals surface area (Å²) in [6.45, 7) is 19.9. The van der Waals surface area contributed by atoms with Crippen molar-refractivity contribution in [3.63, 3.8) is 0 Å². The maximum atomic E-state index is 4.72. The maximum Gasteiger partial charge on any atom is 0.161 e. The summed E-state index contributed by atoms with van der Waals surface area (Å²) >= 11 is 1.90. The van der Waals surface area contributed by atoms with Crippen LogP contribution in [0.25, 0.3) is 58.6 Å². The molecular weight excluding hydrogens is 775 g/mol. The van der Waals surface area contributed by atoms with Crippen LogP contribution < -0.4 is 0 Å². The zero-order valence-corrected chi connectivity index (χ0v) is 36.9. The van der Waals surface area contributed by atoms with Crippen LogP contribution in [0.2, 0.25) is 0 Å². The number of hydrogen-bond donors (Lipinski definition) is 0. The van der Waals surface area contributed by atoms with Gasteiger partial charge in [0.05, 0.1) is 22.3 Å². The first-order valence-corrected chi connectivity index (χ1v) is 21.4. The lowest BCUT2D eigenvalue weighted by molar-refractivity contribution is 1.02. The van der Waals surface area contributed by atoms with E-state index in [4.69, 9.17) is 4.99 Å². The number of aryl methyl sites for hydroxylation is 1. The van der Waals surface area contributed by atoms with Gasteiger partial charge in [-0.15, -0.1) is 24.5 Å². The molecular formula is C56H53N5S. The van der Waals surface area contributed by atoms with Crippen LogP contribution in [0, 0.1) is 0 Å². The van der Waals surface area contributed by atoms with Gasteiger partial charge >= 0.3 is 0 Å². The van der Waals surface area contributed by atoms with E-state index in [0.717, 1.165) is 16.7 Å². The molecule has 0 unspecified atom stereocenters. The van der Waals surface area contributed by atoms with E-state index in [1.807, 2.05) is 123 Å². The molecule has 0 fully saturated rings. The minimum Gasteiger partial charge on any atom is -0.342 e. The molecule has 0 bridgehead atoms. The molecule has 0 atom stereocenters. The highest BCUT2D eigenvalue weighted by Crippen LogP contribution is 2.42. The lowest BCUT2D eigenvalue weighted by atomic mass is 10.1. The Morgan fingerprint density at radius 3 is 1.98 bits per heavy atom. The zero-order chi connectivity index (χ0) is 43.8. The molecule has 62 heavy (non-hydrogen) atoms. The van der Waals surface area contributed by atoms with Crippen LogP contribution in [0.5, 0.6) is 0 Å². The van der Waals surface area contributed by atoms with Crippen LogP contribution in [0.4, 0.5) is 0 Å². The summed E-state index contributed by atoms with van der Waals surface area (Å²) in [4.78, 5) is 13.5. The first-order valence-electron chi connectivity index (χ1n) is 20.6. The Morgan fingerprint density at radius 1 is 0.677 bits per heavy atom. The molecule has 0 saturated carbocycles. The van der Waals surface area contributed by atoms with Gasteiger partial charge < -0.3 is 9.13 Å². The third kappa shape index (κ3) is 9.79. The first-order chi connectivity index (χ1) is 30.5. The van der Waals surface area contributed by atoms with Gasteiger partial charge in [-0.3, -0.25) is 4.99 Å². The van der Waals surface area contributed by atoms with Crippen LogP contribution in [-0.4, -0.2) is 27.5 Å². The number of aromatic nitrogens is 2. The van der Waals surface area contributed by atoms with Crippen molar-refractivity contribution >= 4 is 82.6 Å². The van der Waals surface area contributed by atoms with E-state index in [1.165, 1.54) is 58.6 Å². The van der Waals surface area contributed by atoms with Crippen LogP contribution in [0.3, 0.4) is 0 Å². The molecule has 0 amide bonds. The fourth-order valence-electron chi connectivity index (χ4n) is 7.25. The number of amidine groups is 2. The molecule has 9 rings (SSSR count). The van der Waals surface area contributed by atoms with E-state index < -0.39 is 0 Å². The number of allylic oxidation sites excluding steroid dienone is 5. The normalized spacial score (nSPS) is 12.0. The number of para-hydroxylation sites is 1. The summed E-state index contributed by atoms with van der Waals surface area (Å²) in [5, 5.41) is 6.62. The van der Waals surface area contributed by atoms with Gasteiger partial charge in [-0.25, -0.2) is 9.98 Å². The number of hydrogen-bond acceptors (Lipinski definition) is 2. The van der Waals surface area contributed by atoms with Crippen LogP contribution in [0.15, 0.2) is 229 Å². The summed E-state index contributed by atoms with van der Waals surface area (Å²) in [6.07, 6.45) is 13.7. The number of rotatable bonds is 7. The predicted octanol–water partition coefficient (Wildman–Crippen LogP) is 15.4. The number of benzene rings is 6. The Balaban J connectivity index is 0.000000186. The largest absolute Gasteiger partial charge is 0.342 e. The van der Waals surface area contributed by atoms with E-state index in [9.17, 15) is 0 Å². The molecule has 0 aliphatic carbocycles. The van der Waals surface area contributed by atoms with Crippen molar-refractivity contribution in [2.75, 3.05) is 0 Å². The standard InChI is InChI=1S/C27H18N2S.C23H23N3.C4H8.C2H4/c1-28-24-15-17-13-14-29(18-7-3-2-4-8-18)23(17)16-22(24)20-11-12-21-19-9-5-6-10-25(19)30-27(21)26(20)28;1-4-12-20(13-5-2)23(25-18-19-14-8-6-9-15-19)26-22(24-3)21-16-10-7-11-17-21;1-3-4-2;1-2/h2-16H,1H3;4-17H,1,3,18H2,2H3;3-4H,1-2H3;1-2H2/b;13-5-,20-12+,25-23?,26-22?;4-3-;. The summed E-state index contributed by atoms with van der Waals surface area (Å²) in [7, 11) is 2.20. The number of aliphatic imine (C=N–C) groups is 3. The van der Waals surface area contributed by atoms with Gasteiger partial charge in [-0.1, -0.05) is 152 Å². The third-order valence-electron chi connectivity index (χ3n) is 10.2. The van der Waals surface area contributed by atoms with Gasteiger partial charge in [-0.05, 0) is 69.5 Å². The Bertz CT molecular complexity index is 3080. The lowest BCUT2D eigenvalue weighted by Crippen LogP contribution is -2.06. The minimum atomic E-state index is 0.533. The maximum absolute atomic E-state index is 4.72. The average Bonchev–Trinajstić information content (AvgIpc) is 4.01. The Labute approximate surface area is 369 Å². The third-order valence-corrected chi connectivity index (χ3v) is 11.4. The van der Waals surface area contributed by atoms with Gasteiger partial charge in [0, 0.05) is 67.2 Å². The van der Waals surface area contributed by atoms with Crippen molar-refractivity contribution in [1.82, 2.24) is 9.13 Å². The van der Waals surface area contributed by atoms with Gasteiger partial charge in [0.15, 0.2) is 11.7 Å². The summed E-state index contributed by atoms with van der Waals surface area (Å²) in [6, 6.07) is 50.7. The number of nitrogens with zero attached hydrogens (tertiary/aromatic N) is 5. The molecule has 0 radical (unpaired) electrons. The number of fused-ring (bicyclic) bond motifs is 8. The van der Waals surface area contributed by atoms with E-state index in [0.29, 0.717) is 18.2 Å². The Hall–Kier alpha value is -7.41. The van der Waals surface area contributed by atoms with E-state index in [1.54, 1.807) is 6.08 Å². The van der Waals surface area contributed by atoms with E-state index in [-0.39, 0.29) is 0 Å². The predicted molar refractivity (Wildman–Crippen MR) is 275 cm³/mol. The second kappa shape index (κ2) is 21.7. The van der Waals surface area contributed by atoms with Crippen molar-refractivity contribution in [2.24, 2.45) is 22.0 Å². The van der Waals surface area contributed by atoms with Crippen molar-refractivity contribution in [3.05, 3.63) is 225 Å². The SMILES string of the molecule is C/C=C\C.C=C.C=C/C=C(\C=C/C)C(=NCc1ccccc1)N=C(N=C)c1ccccc1.Cn1c2cc3ccn(-c4ccccc4)c3cc2c2ccc3c4ccccc4sc3c21. The Morgan fingerprint density at radius 2 is 1.32 bits per heavy atom. The molecule has 0 aliphatic rings. The topological polar surface area (TPSA) is 46.9 Å². The average molecular weight is 828 g/mol. The summed E-state index contributed by atoms with van der Waals surface area (Å²) in [5.74, 6) is 1.13. The van der Waals surface area contributed by atoms with Crippen molar-refractivity contribution in [1.29, 1.82) is 0 Å². The highest BCUT2D eigenvalue weighted by Gasteiger charge is 2.16. The zero-order valence-electron chi connectivity index (χ0n) is 36.1. The monoisotopic (exact) mass is 827 g/mol.